The van der Waals surface area contributed by atoms with Gasteiger partial charge >= 0.3 is 5.97 Å². The first-order chi connectivity index (χ1) is 5.49. The number of rotatable bonds is 2. The van der Waals surface area contributed by atoms with Gasteiger partial charge in [0, 0.05) is 24.6 Å². The van der Waals surface area contributed by atoms with Crippen LogP contribution in [-0.2, 0) is 4.79 Å². The van der Waals surface area contributed by atoms with Crippen molar-refractivity contribution in [3.05, 3.63) is 0 Å². The SMILES string of the molecule is CC1(C)NCC(CO)[C@H]1C(=O)O. The summed E-state index contributed by atoms with van der Waals surface area (Å²) in [6.07, 6.45) is 0. The van der Waals surface area contributed by atoms with E-state index in [0.29, 0.717) is 6.54 Å². The fraction of sp³-hybridized carbons (Fsp3) is 0.875. The Morgan fingerprint density at radius 3 is 2.58 bits per heavy atom. The lowest BCUT2D eigenvalue weighted by atomic mass is 9.83. The first kappa shape index (κ1) is 9.48. The van der Waals surface area contributed by atoms with E-state index in [1.54, 1.807) is 0 Å². The van der Waals surface area contributed by atoms with E-state index in [9.17, 15) is 4.79 Å². The summed E-state index contributed by atoms with van der Waals surface area (Å²) in [6, 6.07) is 0. The van der Waals surface area contributed by atoms with Gasteiger partial charge < -0.3 is 15.5 Å². The lowest BCUT2D eigenvalue weighted by Crippen LogP contribution is -2.42. The summed E-state index contributed by atoms with van der Waals surface area (Å²) in [7, 11) is 0. The van der Waals surface area contributed by atoms with E-state index in [1.165, 1.54) is 0 Å². The van der Waals surface area contributed by atoms with Crippen LogP contribution in [0, 0.1) is 11.8 Å². The van der Waals surface area contributed by atoms with Gasteiger partial charge in [0.15, 0.2) is 0 Å². The third-order valence-electron chi connectivity index (χ3n) is 2.57. The van der Waals surface area contributed by atoms with Crippen LogP contribution in [-0.4, -0.2) is 34.9 Å². The van der Waals surface area contributed by atoms with Gasteiger partial charge in [-0.3, -0.25) is 4.79 Å². The maximum absolute atomic E-state index is 10.8. The van der Waals surface area contributed by atoms with E-state index in [4.69, 9.17) is 10.2 Å². The molecule has 0 aromatic carbocycles. The smallest absolute Gasteiger partial charge is 0.308 e. The summed E-state index contributed by atoms with van der Waals surface area (Å²) in [5.41, 5.74) is -0.404. The van der Waals surface area contributed by atoms with Crippen molar-refractivity contribution in [2.24, 2.45) is 11.8 Å². The summed E-state index contributed by atoms with van der Waals surface area (Å²) >= 11 is 0. The minimum Gasteiger partial charge on any atom is -0.481 e. The Kier molecular flexibility index (Phi) is 2.39. The topological polar surface area (TPSA) is 69.6 Å². The van der Waals surface area contributed by atoms with Crippen LogP contribution >= 0.6 is 0 Å². The van der Waals surface area contributed by atoms with Crippen molar-refractivity contribution in [1.29, 1.82) is 0 Å². The molecule has 0 aromatic rings. The van der Waals surface area contributed by atoms with E-state index in [-0.39, 0.29) is 12.5 Å². The number of hydrogen-bond acceptors (Lipinski definition) is 3. The molecule has 4 nitrogen and oxygen atoms in total. The molecule has 1 fully saturated rings. The molecule has 70 valence electrons. The molecule has 2 atom stereocenters. The van der Waals surface area contributed by atoms with Gasteiger partial charge in [0.05, 0.1) is 5.92 Å². The number of aliphatic carboxylic acids is 1. The highest BCUT2D eigenvalue weighted by Crippen LogP contribution is 2.30. The number of hydrogen-bond donors (Lipinski definition) is 3. The molecule has 0 saturated carbocycles. The standard InChI is InChI=1S/C8H15NO3/c1-8(2)6(7(11)12)5(4-10)3-9-8/h5-6,9-10H,3-4H2,1-2H3,(H,11,12)/t5?,6-/m0/s1. The minimum atomic E-state index is -0.830. The average molecular weight is 173 g/mol. The van der Waals surface area contributed by atoms with Gasteiger partial charge in [0.2, 0.25) is 0 Å². The lowest BCUT2D eigenvalue weighted by molar-refractivity contribution is -0.145. The maximum atomic E-state index is 10.8. The Morgan fingerprint density at radius 1 is 1.67 bits per heavy atom. The second-order valence-electron chi connectivity index (χ2n) is 3.86. The number of nitrogens with one attached hydrogen (secondary N) is 1. The Labute approximate surface area is 71.6 Å². The molecule has 1 rings (SSSR count). The van der Waals surface area contributed by atoms with Crippen LogP contribution in [0.4, 0.5) is 0 Å². The third kappa shape index (κ3) is 1.44. The van der Waals surface area contributed by atoms with Gasteiger partial charge in [-0.15, -0.1) is 0 Å². The Morgan fingerprint density at radius 2 is 2.25 bits per heavy atom. The van der Waals surface area contributed by atoms with Gasteiger partial charge in [-0.25, -0.2) is 0 Å². The molecule has 0 amide bonds. The molecular weight excluding hydrogens is 158 g/mol. The first-order valence-electron chi connectivity index (χ1n) is 4.07. The molecule has 1 saturated heterocycles. The highest BCUT2D eigenvalue weighted by atomic mass is 16.4. The molecule has 0 spiro atoms. The number of carbonyl (C=O) groups is 1. The summed E-state index contributed by atoms with van der Waals surface area (Å²) in [6.45, 7) is 4.22. The number of carboxylic acid groups (broad SMARTS) is 1. The van der Waals surface area contributed by atoms with Crippen LogP contribution in [0.3, 0.4) is 0 Å². The van der Waals surface area contributed by atoms with E-state index >= 15 is 0 Å². The van der Waals surface area contributed by atoms with Gasteiger partial charge in [-0.05, 0) is 13.8 Å². The van der Waals surface area contributed by atoms with Crippen molar-refractivity contribution in [3.63, 3.8) is 0 Å². The van der Waals surface area contributed by atoms with Crippen LogP contribution in [0.2, 0.25) is 0 Å². The monoisotopic (exact) mass is 173 g/mol. The molecule has 4 heteroatoms. The van der Waals surface area contributed by atoms with Gasteiger partial charge in [-0.1, -0.05) is 0 Å². The van der Waals surface area contributed by atoms with Crippen molar-refractivity contribution < 1.29 is 15.0 Å². The van der Waals surface area contributed by atoms with Gasteiger partial charge in [0.25, 0.3) is 0 Å². The predicted molar refractivity (Wildman–Crippen MR) is 43.8 cm³/mol. The fourth-order valence-corrected chi connectivity index (χ4v) is 1.89. The maximum Gasteiger partial charge on any atom is 0.308 e. The van der Waals surface area contributed by atoms with Gasteiger partial charge in [0.1, 0.15) is 0 Å². The molecule has 0 aromatic heterocycles. The lowest BCUT2D eigenvalue weighted by Gasteiger charge is -2.25. The Hall–Kier alpha value is -0.610. The highest BCUT2D eigenvalue weighted by molar-refractivity contribution is 5.72. The van der Waals surface area contributed by atoms with Crippen molar-refractivity contribution in [1.82, 2.24) is 5.32 Å². The molecule has 1 unspecified atom stereocenters. The molecule has 3 N–H and O–H groups in total. The third-order valence-corrected chi connectivity index (χ3v) is 2.57. The van der Waals surface area contributed by atoms with Crippen LogP contribution in [0.25, 0.3) is 0 Å². The molecule has 0 radical (unpaired) electrons. The van der Waals surface area contributed by atoms with Crippen molar-refractivity contribution in [2.45, 2.75) is 19.4 Å². The molecule has 12 heavy (non-hydrogen) atoms. The minimum absolute atomic E-state index is 0.0621. The van der Waals surface area contributed by atoms with Crippen LogP contribution < -0.4 is 5.32 Å². The fourth-order valence-electron chi connectivity index (χ4n) is 1.89. The Balaban J connectivity index is 2.80. The summed E-state index contributed by atoms with van der Waals surface area (Å²) in [4.78, 5) is 10.8. The molecule has 1 aliphatic heterocycles. The largest absolute Gasteiger partial charge is 0.481 e. The zero-order chi connectivity index (χ0) is 9.35. The average Bonchev–Trinajstić information content (AvgIpc) is 2.24. The number of carboxylic acids is 1. The quantitative estimate of drug-likeness (QED) is 0.535. The molecule has 0 aliphatic carbocycles. The van der Waals surface area contributed by atoms with Crippen LogP contribution in [0.1, 0.15) is 13.8 Å². The molecular formula is C8H15NO3. The number of aliphatic hydroxyl groups excluding tert-OH is 1. The van der Waals surface area contributed by atoms with Crippen molar-refractivity contribution >= 4 is 5.97 Å². The molecule has 0 bridgehead atoms. The second-order valence-corrected chi connectivity index (χ2v) is 3.86. The van der Waals surface area contributed by atoms with Crippen LogP contribution in [0.5, 0.6) is 0 Å². The van der Waals surface area contributed by atoms with Crippen molar-refractivity contribution in [2.75, 3.05) is 13.2 Å². The van der Waals surface area contributed by atoms with E-state index in [2.05, 4.69) is 5.32 Å². The summed E-state index contributed by atoms with van der Waals surface area (Å²) in [5.74, 6) is -1.47. The predicted octanol–water partition coefficient (Wildman–Crippen LogP) is -0.323. The van der Waals surface area contributed by atoms with Crippen LogP contribution in [0.15, 0.2) is 0 Å². The van der Waals surface area contributed by atoms with E-state index in [0.717, 1.165) is 0 Å². The van der Waals surface area contributed by atoms with Crippen molar-refractivity contribution in [3.8, 4) is 0 Å². The van der Waals surface area contributed by atoms with E-state index < -0.39 is 17.4 Å². The van der Waals surface area contributed by atoms with Gasteiger partial charge in [-0.2, -0.15) is 0 Å². The first-order valence-corrected chi connectivity index (χ1v) is 4.07. The normalized spacial score (nSPS) is 33.6. The molecule has 1 heterocycles. The second kappa shape index (κ2) is 3.03. The Bertz CT molecular complexity index is 191. The van der Waals surface area contributed by atoms with E-state index in [1.807, 2.05) is 13.8 Å². The number of aliphatic hydroxyl groups is 1. The molecule has 1 aliphatic rings. The zero-order valence-electron chi connectivity index (χ0n) is 7.37. The summed E-state index contributed by atoms with van der Waals surface area (Å²) in [5, 5.41) is 20.9. The zero-order valence-corrected chi connectivity index (χ0v) is 7.37. The highest BCUT2D eigenvalue weighted by Gasteiger charge is 2.45. The summed E-state index contributed by atoms with van der Waals surface area (Å²) < 4.78 is 0.